The molecule has 158 valence electrons. The van der Waals surface area contributed by atoms with E-state index in [-0.39, 0.29) is 16.9 Å². The van der Waals surface area contributed by atoms with Crippen LogP contribution in [-0.4, -0.2) is 40.1 Å². The average Bonchev–Trinajstić information content (AvgIpc) is 2.96. The summed E-state index contributed by atoms with van der Waals surface area (Å²) >= 11 is 5.91. The lowest BCUT2D eigenvalue weighted by molar-refractivity contribution is -0.163. The van der Waals surface area contributed by atoms with E-state index in [4.69, 9.17) is 21.1 Å². The summed E-state index contributed by atoms with van der Waals surface area (Å²) in [6.07, 6.45) is -1.57. The third kappa shape index (κ3) is 4.14. The molecule has 0 amide bonds. The molecule has 2 aromatic carbocycles. The first-order valence-electron chi connectivity index (χ1n) is 8.63. The standard InChI is InChI=1S/C21H18ClNO6.H2O/c1-11-18(19(21(26)27)29-12(2)24)16-10-15(28-3)8-9-17(16)23(11)20(25)13-4-6-14(22)7-5-13;/h4-10,19H,1-3H3,(H,26,27);1H2. The van der Waals surface area contributed by atoms with Gasteiger partial charge in [-0.15, -0.1) is 0 Å². The molecule has 0 aliphatic carbocycles. The molecular weight excluding hydrogens is 414 g/mol. The maximum Gasteiger partial charge on any atom is 0.349 e. The molecule has 1 aromatic heterocycles. The van der Waals surface area contributed by atoms with Crippen LogP contribution < -0.4 is 4.74 Å². The van der Waals surface area contributed by atoms with Gasteiger partial charge in [0.15, 0.2) is 0 Å². The second kappa shape index (κ2) is 8.98. The van der Waals surface area contributed by atoms with Gasteiger partial charge in [-0.2, -0.15) is 0 Å². The minimum atomic E-state index is -1.57. The Morgan fingerprint density at radius 3 is 2.27 bits per heavy atom. The maximum atomic E-state index is 13.2. The zero-order chi connectivity index (χ0) is 21.3. The summed E-state index contributed by atoms with van der Waals surface area (Å²) in [4.78, 5) is 36.6. The molecule has 0 radical (unpaired) electrons. The van der Waals surface area contributed by atoms with Crippen molar-refractivity contribution in [1.29, 1.82) is 0 Å². The van der Waals surface area contributed by atoms with Gasteiger partial charge in [0.25, 0.3) is 5.91 Å². The third-order valence-corrected chi connectivity index (χ3v) is 4.78. The van der Waals surface area contributed by atoms with Gasteiger partial charge in [0.1, 0.15) is 5.75 Å². The summed E-state index contributed by atoms with van der Waals surface area (Å²) in [6.45, 7) is 2.74. The Hall–Kier alpha value is -3.36. The number of carbonyl (C=O) groups is 3. The summed E-state index contributed by atoms with van der Waals surface area (Å²) in [6, 6.07) is 11.3. The first kappa shape index (κ1) is 22.9. The van der Waals surface area contributed by atoms with E-state index in [1.54, 1.807) is 49.4 Å². The molecule has 0 bridgehead atoms. The van der Waals surface area contributed by atoms with E-state index in [0.29, 0.717) is 32.9 Å². The van der Waals surface area contributed by atoms with E-state index in [2.05, 4.69) is 0 Å². The van der Waals surface area contributed by atoms with Crippen molar-refractivity contribution in [3.63, 3.8) is 0 Å². The van der Waals surface area contributed by atoms with Crippen molar-refractivity contribution < 1.29 is 34.4 Å². The Morgan fingerprint density at radius 1 is 1.10 bits per heavy atom. The van der Waals surface area contributed by atoms with Gasteiger partial charge in [0.05, 0.1) is 12.6 Å². The predicted molar refractivity (Wildman–Crippen MR) is 110 cm³/mol. The van der Waals surface area contributed by atoms with Crippen LogP contribution in [0.1, 0.15) is 34.6 Å². The van der Waals surface area contributed by atoms with Crippen molar-refractivity contribution in [1.82, 2.24) is 4.57 Å². The molecule has 0 fully saturated rings. The zero-order valence-electron chi connectivity index (χ0n) is 16.4. The number of aromatic nitrogens is 1. The van der Waals surface area contributed by atoms with Gasteiger partial charge in [-0.25, -0.2) is 4.79 Å². The third-order valence-electron chi connectivity index (χ3n) is 4.52. The van der Waals surface area contributed by atoms with Crippen LogP contribution in [0.25, 0.3) is 10.9 Å². The van der Waals surface area contributed by atoms with Crippen LogP contribution >= 0.6 is 11.6 Å². The van der Waals surface area contributed by atoms with Gasteiger partial charge in [-0.05, 0) is 49.4 Å². The number of fused-ring (bicyclic) bond motifs is 1. The number of ether oxygens (including phenoxy) is 2. The van der Waals surface area contributed by atoms with E-state index >= 15 is 0 Å². The second-order valence-corrected chi connectivity index (χ2v) is 6.79. The van der Waals surface area contributed by atoms with Crippen LogP contribution in [-0.2, 0) is 14.3 Å². The molecular formula is C21H20ClNO7. The first-order valence-corrected chi connectivity index (χ1v) is 9.01. The topological polar surface area (TPSA) is 126 Å². The Labute approximate surface area is 176 Å². The van der Waals surface area contributed by atoms with Gasteiger partial charge in [-0.3, -0.25) is 14.2 Å². The molecule has 3 aromatic rings. The van der Waals surface area contributed by atoms with E-state index in [0.717, 1.165) is 6.92 Å². The van der Waals surface area contributed by atoms with Crippen LogP contribution in [0.4, 0.5) is 0 Å². The highest BCUT2D eigenvalue weighted by Crippen LogP contribution is 2.35. The zero-order valence-corrected chi connectivity index (χ0v) is 17.2. The number of halogens is 1. The Balaban J connectivity index is 0.00000320. The van der Waals surface area contributed by atoms with Gasteiger partial charge in [0, 0.05) is 34.2 Å². The summed E-state index contributed by atoms with van der Waals surface area (Å²) in [7, 11) is 1.48. The number of carbonyl (C=O) groups excluding carboxylic acids is 2. The minimum absolute atomic E-state index is 0. The van der Waals surface area contributed by atoms with E-state index < -0.39 is 18.0 Å². The van der Waals surface area contributed by atoms with E-state index in [9.17, 15) is 19.5 Å². The Bertz CT molecular complexity index is 1120. The summed E-state index contributed by atoms with van der Waals surface area (Å²) in [5, 5.41) is 10.6. The fourth-order valence-electron chi connectivity index (χ4n) is 3.26. The molecule has 0 saturated carbocycles. The molecule has 0 aliphatic rings. The molecule has 3 rings (SSSR count). The fraction of sp³-hybridized carbons (Fsp3) is 0.190. The molecule has 0 saturated heterocycles. The van der Waals surface area contributed by atoms with Gasteiger partial charge < -0.3 is 20.1 Å². The van der Waals surface area contributed by atoms with Crippen LogP contribution in [0.15, 0.2) is 42.5 Å². The molecule has 1 heterocycles. The summed E-state index contributed by atoms with van der Waals surface area (Å²) in [5.74, 6) is -1.98. The fourth-order valence-corrected chi connectivity index (χ4v) is 3.39. The molecule has 1 unspecified atom stereocenters. The number of hydrogen-bond acceptors (Lipinski definition) is 5. The van der Waals surface area contributed by atoms with Crippen LogP contribution in [0.2, 0.25) is 5.02 Å². The minimum Gasteiger partial charge on any atom is -0.497 e. The molecule has 9 heteroatoms. The lowest BCUT2D eigenvalue weighted by Gasteiger charge is -2.14. The number of methoxy groups -OCH3 is 1. The monoisotopic (exact) mass is 433 g/mol. The number of rotatable bonds is 5. The number of esters is 1. The number of carboxylic acid groups (broad SMARTS) is 1. The molecule has 3 N–H and O–H groups in total. The first-order chi connectivity index (χ1) is 13.7. The maximum absolute atomic E-state index is 13.2. The van der Waals surface area contributed by atoms with Gasteiger partial charge >= 0.3 is 11.9 Å². The number of benzene rings is 2. The van der Waals surface area contributed by atoms with Gasteiger partial charge in [-0.1, -0.05) is 11.6 Å². The number of hydrogen-bond donors (Lipinski definition) is 1. The summed E-state index contributed by atoms with van der Waals surface area (Å²) in [5.41, 5.74) is 1.40. The van der Waals surface area contributed by atoms with Crippen molar-refractivity contribution >= 4 is 40.3 Å². The molecule has 30 heavy (non-hydrogen) atoms. The predicted octanol–water partition coefficient (Wildman–Crippen LogP) is 3.16. The Kier molecular flexibility index (Phi) is 6.86. The smallest absolute Gasteiger partial charge is 0.349 e. The van der Waals surface area contributed by atoms with E-state index in [1.807, 2.05) is 0 Å². The second-order valence-electron chi connectivity index (χ2n) is 6.36. The number of carboxylic acids is 1. The number of nitrogens with zero attached hydrogens (tertiary/aromatic N) is 1. The normalized spacial score (nSPS) is 11.5. The average molecular weight is 434 g/mol. The molecule has 0 spiro atoms. The van der Waals surface area contributed by atoms with Crippen molar-refractivity contribution in [2.24, 2.45) is 0 Å². The van der Waals surface area contributed by atoms with E-state index in [1.165, 1.54) is 11.7 Å². The highest BCUT2D eigenvalue weighted by Gasteiger charge is 2.32. The lowest BCUT2D eigenvalue weighted by atomic mass is 10.0. The molecule has 8 nitrogen and oxygen atoms in total. The molecule has 0 aliphatic heterocycles. The summed E-state index contributed by atoms with van der Waals surface area (Å²) < 4.78 is 11.7. The van der Waals surface area contributed by atoms with Crippen molar-refractivity contribution in [2.75, 3.05) is 7.11 Å². The quantitative estimate of drug-likeness (QED) is 0.616. The Morgan fingerprint density at radius 2 is 1.73 bits per heavy atom. The number of aliphatic carboxylic acids is 1. The van der Waals surface area contributed by atoms with Gasteiger partial charge in [0.2, 0.25) is 6.10 Å². The highest BCUT2D eigenvalue weighted by atomic mass is 35.5. The van der Waals surface area contributed by atoms with Crippen LogP contribution in [0.5, 0.6) is 5.75 Å². The van der Waals surface area contributed by atoms with Crippen LogP contribution in [0.3, 0.4) is 0 Å². The lowest BCUT2D eigenvalue weighted by Crippen LogP contribution is -2.20. The largest absolute Gasteiger partial charge is 0.497 e. The van der Waals surface area contributed by atoms with Crippen molar-refractivity contribution in [3.05, 3.63) is 64.3 Å². The highest BCUT2D eigenvalue weighted by molar-refractivity contribution is 6.30. The van der Waals surface area contributed by atoms with Crippen molar-refractivity contribution in [2.45, 2.75) is 20.0 Å². The SMILES string of the molecule is COc1ccc2c(c1)c(C(OC(C)=O)C(=O)O)c(C)n2C(=O)c1ccc(Cl)cc1.O. The molecule has 1 atom stereocenters. The van der Waals surface area contributed by atoms with Crippen molar-refractivity contribution in [3.8, 4) is 5.75 Å². The van der Waals surface area contributed by atoms with Crippen LogP contribution in [0, 0.1) is 6.92 Å².